The third-order valence-electron chi connectivity index (χ3n) is 3.07. The van der Waals surface area contributed by atoms with Gasteiger partial charge in [0.15, 0.2) is 0 Å². The molecular weight excluding hydrogens is 302 g/mol. The minimum atomic E-state index is -1.12. The van der Waals surface area contributed by atoms with Gasteiger partial charge < -0.3 is 10.2 Å². The largest absolute Gasteiger partial charge is 0.506 e. The molecule has 6 heteroatoms. The van der Waals surface area contributed by atoms with E-state index in [2.05, 4.69) is 15.9 Å². The number of aliphatic carboxylic acids is 1. The molecule has 0 saturated heterocycles. The summed E-state index contributed by atoms with van der Waals surface area (Å²) < 4.78 is 0.650. The molecule has 0 bridgehead atoms. The van der Waals surface area contributed by atoms with Gasteiger partial charge in [0.2, 0.25) is 5.91 Å². The third-order valence-corrected chi connectivity index (χ3v) is 3.53. The molecule has 1 aliphatic heterocycles. The molecule has 18 heavy (non-hydrogen) atoms. The molecule has 0 unspecified atom stereocenters. The van der Waals surface area contributed by atoms with Crippen molar-refractivity contribution in [1.29, 1.82) is 0 Å². The standard InChI is InChI=1S/C12H12BrNO4/c1-12(2)7-3-6(13)4-8(15)10(7)14(11(12)18)5-9(16)17/h3-4,15H,5H2,1-2H3,(H,16,17). The molecule has 2 rings (SSSR count). The van der Waals surface area contributed by atoms with Crippen molar-refractivity contribution < 1.29 is 19.8 Å². The first-order valence-corrected chi connectivity index (χ1v) is 6.11. The van der Waals surface area contributed by atoms with E-state index in [1.165, 1.54) is 6.07 Å². The van der Waals surface area contributed by atoms with Gasteiger partial charge in [-0.25, -0.2) is 0 Å². The number of halogens is 1. The van der Waals surface area contributed by atoms with Gasteiger partial charge in [-0.15, -0.1) is 0 Å². The highest BCUT2D eigenvalue weighted by molar-refractivity contribution is 9.10. The van der Waals surface area contributed by atoms with Crippen LogP contribution in [-0.2, 0) is 15.0 Å². The van der Waals surface area contributed by atoms with Gasteiger partial charge in [0.1, 0.15) is 12.3 Å². The molecule has 0 saturated carbocycles. The zero-order valence-corrected chi connectivity index (χ0v) is 11.5. The summed E-state index contributed by atoms with van der Waals surface area (Å²) in [7, 11) is 0. The lowest BCUT2D eigenvalue weighted by atomic mass is 9.86. The molecule has 0 aromatic heterocycles. The number of rotatable bonds is 2. The summed E-state index contributed by atoms with van der Waals surface area (Å²) in [5.74, 6) is -1.54. The third kappa shape index (κ3) is 1.77. The number of benzene rings is 1. The first-order valence-electron chi connectivity index (χ1n) is 5.32. The Kier molecular flexibility index (Phi) is 2.85. The Labute approximate surface area is 112 Å². The minimum Gasteiger partial charge on any atom is -0.506 e. The summed E-state index contributed by atoms with van der Waals surface area (Å²) in [5, 5.41) is 18.8. The molecule has 1 aromatic carbocycles. The highest BCUT2D eigenvalue weighted by atomic mass is 79.9. The maximum Gasteiger partial charge on any atom is 0.323 e. The Morgan fingerprint density at radius 3 is 2.61 bits per heavy atom. The number of carboxylic acid groups (broad SMARTS) is 1. The lowest BCUT2D eigenvalue weighted by molar-refractivity contribution is -0.137. The van der Waals surface area contributed by atoms with E-state index in [-0.39, 0.29) is 17.3 Å². The molecule has 0 fully saturated rings. The van der Waals surface area contributed by atoms with Crippen molar-refractivity contribution in [3.05, 3.63) is 22.2 Å². The second-order valence-corrected chi connectivity index (χ2v) is 5.65. The first-order chi connectivity index (χ1) is 8.25. The predicted molar refractivity (Wildman–Crippen MR) is 68.8 cm³/mol. The predicted octanol–water partition coefficient (Wildman–Crippen LogP) is 1.86. The van der Waals surface area contributed by atoms with Crippen molar-refractivity contribution in [2.24, 2.45) is 0 Å². The van der Waals surface area contributed by atoms with E-state index in [1.54, 1.807) is 19.9 Å². The van der Waals surface area contributed by atoms with Gasteiger partial charge in [0.05, 0.1) is 11.1 Å². The number of anilines is 1. The quantitative estimate of drug-likeness (QED) is 0.873. The zero-order chi connectivity index (χ0) is 13.7. The molecule has 1 aromatic rings. The first kappa shape index (κ1) is 12.9. The van der Waals surface area contributed by atoms with Crippen molar-refractivity contribution in [3.63, 3.8) is 0 Å². The molecule has 0 spiro atoms. The maximum absolute atomic E-state index is 12.2. The number of carbonyl (C=O) groups excluding carboxylic acids is 1. The zero-order valence-electron chi connectivity index (χ0n) is 9.90. The number of hydrogen-bond acceptors (Lipinski definition) is 3. The van der Waals surface area contributed by atoms with Gasteiger partial charge in [0, 0.05) is 4.47 Å². The van der Waals surface area contributed by atoms with E-state index in [1.807, 2.05) is 0 Å². The Bertz CT molecular complexity index is 553. The average Bonchev–Trinajstić information content (AvgIpc) is 2.40. The van der Waals surface area contributed by atoms with Crippen LogP contribution in [0.15, 0.2) is 16.6 Å². The fourth-order valence-corrected chi connectivity index (χ4v) is 2.63. The highest BCUT2D eigenvalue weighted by Gasteiger charge is 2.46. The number of amides is 1. The summed E-state index contributed by atoms with van der Waals surface area (Å²) in [6, 6.07) is 3.18. The minimum absolute atomic E-state index is 0.0976. The highest BCUT2D eigenvalue weighted by Crippen LogP contribution is 2.47. The molecule has 0 radical (unpaired) electrons. The summed E-state index contributed by atoms with van der Waals surface area (Å²) >= 11 is 3.25. The molecule has 1 amide bonds. The smallest absolute Gasteiger partial charge is 0.323 e. The Hall–Kier alpha value is -1.56. The van der Waals surface area contributed by atoms with Crippen LogP contribution >= 0.6 is 15.9 Å². The van der Waals surface area contributed by atoms with Crippen LogP contribution in [0.2, 0.25) is 0 Å². The number of phenolic OH excluding ortho intramolecular Hbond substituents is 1. The normalized spacial score (nSPS) is 16.8. The maximum atomic E-state index is 12.2. The average molecular weight is 314 g/mol. The summed E-state index contributed by atoms with van der Waals surface area (Å²) in [5.41, 5.74) is 0.0719. The second kappa shape index (κ2) is 3.98. The number of aromatic hydroxyl groups is 1. The van der Waals surface area contributed by atoms with E-state index in [9.17, 15) is 14.7 Å². The van der Waals surface area contributed by atoms with E-state index in [0.717, 1.165) is 4.90 Å². The molecule has 2 N–H and O–H groups in total. The Morgan fingerprint density at radius 2 is 2.06 bits per heavy atom. The van der Waals surface area contributed by atoms with Crippen LogP contribution in [0.25, 0.3) is 0 Å². The van der Waals surface area contributed by atoms with Gasteiger partial charge in [-0.05, 0) is 31.5 Å². The molecule has 0 aliphatic carbocycles. The van der Waals surface area contributed by atoms with Gasteiger partial charge in [-0.1, -0.05) is 15.9 Å². The molecule has 96 valence electrons. The lowest BCUT2D eigenvalue weighted by Gasteiger charge is -2.18. The van der Waals surface area contributed by atoms with E-state index in [0.29, 0.717) is 10.0 Å². The molecular formula is C12H12BrNO4. The van der Waals surface area contributed by atoms with Crippen LogP contribution in [0.4, 0.5) is 5.69 Å². The van der Waals surface area contributed by atoms with Crippen LogP contribution in [0, 0.1) is 0 Å². The molecule has 1 heterocycles. The van der Waals surface area contributed by atoms with Crippen molar-refractivity contribution in [2.45, 2.75) is 19.3 Å². The van der Waals surface area contributed by atoms with Gasteiger partial charge in [-0.3, -0.25) is 14.5 Å². The number of phenols is 1. The van der Waals surface area contributed by atoms with Crippen LogP contribution in [-0.4, -0.2) is 28.6 Å². The van der Waals surface area contributed by atoms with Crippen LogP contribution in [0.3, 0.4) is 0 Å². The Balaban J connectivity index is 2.65. The van der Waals surface area contributed by atoms with E-state index >= 15 is 0 Å². The summed E-state index contributed by atoms with van der Waals surface area (Å²) in [6.07, 6.45) is 0. The number of nitrogens with zero attached hydrogens (tertiary/aromatic N) is 1. The van der Waals surface area contributed by atoms with Gasteiger partial charge in [0.25, 0.3) is 0 Å². The number of carboxylic acids is 1. The topological polar surface area (TPSA) is 77.8 Å². The van der Waals surface area contributed by atoms with Crippen molar-refractivity contribution >= 4 is 33.5 Å². The van der Waals surface area contributed by atoms with Crippen LogP contribution < -0.4 is 4.90 Å². The number of hydrogen-bond donors (Lipinski definition) is 2. The van der Waals surface area contributed by atoms with Crippen molar-refractivity contribution in [1.82, 2.24) is 0 Å². The lowest BCUT2D eigenvalue weighted by Crippen LogP contribution is -2.39. The van der Waals surface area contributed by atoms with Gasteiger partial charge >= 0.3 is 5.97 Å². The summed E-state index contributed by atoms with van der Waals surface area (Å²) in [4.78, 5) is 24.1. The fourth-order valence-electron chi connectivity index (χ4n) is 2.19. The Morgan fingerprint density at radius 1 is 1.44 bits per heavy atom. The van der Waals surface area contributed by atoms with Crippen LogP contribution in [0.5, 0.6) is 5.75 Å². The molecule has 1 aliphatic rings. The second-order valence-electron chi connectivity index (χ2n) is 4.73. The van der Waals surface area contributed by atoms with Gasteiger partial charge in [-0.2, -0.15) is 0 Å². The molecule has 5 nitrogen and oxygen atoms in total. The monoisotopic (exact) mass is 313 g/mol. The number of fused-ring (bicyclic) bond motifs is 1. The van der Waals surface area contributed by atoms with Crippen molar-refractivity contribution in [3.8, 4) is 5.75 Å². The summed E-state index contributed by atoms with van der Waals surface area (Å²) in [6.45, 7) is 2.97. The van der Waals surface area contributed by atoms with E-state index in [4.69, 9.17) is 5.11 Å². The SMILES string of the molecule is CC1(C)C(=O)N(CC(=O)O)c2c(O)cc(Br)cc21. The van der Waals surface area contributed by atoms with Crippen molar-refractivity contribution in [2.75, 3.05) is 11.4 Å². The fraction of sp³-hybridized carbons (Fsp3) is 0.333. The van der Waals surface area contributed by atoms with Crippen LogP contribution in [0.1, 0.15) is 19.4 Å². The number of carbonyl (C=O) groups is 2. The molecule has 0 atom stereocenters. The van der Waals surface area contributed by atoms with E-state index < -0.39 is 17.9 Å².